The summed E-state index contributed by atoms with van der Waals surface area (Å²) in [6, 6.07) is 9.03. The molecule has 4 nitrogen and oxygen atoms in total. The van der Waals surface area contributed by atoms with Gasteiger partial charge in [-0.1, -0.05) is 23.7 Å². The first kappa shape index (κ1) is 14.0. The second-order valence-electron chi connectivity index (χ2n) is 3.55. The van der Waals surface area contributed by atoms with E-state index < -0.39 is 16.0 Å². The summed E-state index contributed by atoms with van der Waals surface area (Å²) in [6.45, 7) is -0.0103. The Labute approximate surface area is 106 Å². The summed E-state index contributed by atoms with van der Waals surface area (Å²) in [4.78, 5) is 0. The monoisotopic (exact) mass is 273 g/mol. The van der Waals surface area contributed by atoms with Crippen LogP contribution in [0.25, 0.3) is 0 Å². The van der Waals surface area contributed by atoms with Crippen molar-refractivity contribution in [1.82, 2.24) is 0 Å². The summed E-state index contributed by atoms with van der Waals surface area (Å²) in [5.74, 6) is -0.421. The van der Waals surface area contributed by atoms with Gasteiger partial charge in [0.05, 0.1) is 24.8 Å². The van der Waals surface area contributed by atoms with Gasteiger partial charge in [0.25, 0.3) is 10.1 Å². The minimum absolute atomic E-state index is 0.0103. The molecule has 0 fully saturated rings. The van der Waals surface area contributed by atoms with Crippen molar-refractivity contribution in [2.24, 2.45) is 0 Å². The lowest BCUT2D eigenvalue weighted by Gasteiger charge is -2.09. The molecule has 0 saturated carbocycles. The fourth-order valence-electron chi connectivity index (χ4n) is 1.35. The molecular formula is C11H12ClNO3S. The lowest BCUT2D eigenvalue weighted by atomic mass is 9.98. The van der Waals surface area contributed by atoms with Gasteiger partial charge in [0.2, 0.25) is 0 Å². The van der Waals surface area contributed by atoms with Crippen molar-refractivity contribution >= 4 is 21.7 Å². The molecule has 0 aromatic heterocycles. The average Bonchev–Trinajstić information content (AvgIpc) is 2.23. The van der Waals surface area contributed by atoms with Crippen LogP contribution in [0.2, 0.25) is 5.02 Å². The van der Waals surface area contributed by atoms with Crippen LogP contribution in [0.15, 0.2) is 24.3 Å². The van der Waals surface area contributed by atoms with Crippen molar-refractivity contribution in [3.8, 4) is 6.07 Å². The van der Waals surface area contributed by atoms with E-state index in [1.165, 1.54) is 0 Å². The highest BCUT2D eigenvalue weighted by atomic mass is 35.5. The van der Waals surface area contributed by atoms with Crippen molar-refractivity contribution in [2.75, 3.05) is 12.9 Å². The van der Waals surface area contributed by atoms with Gasteiger partial charge in [-0.3, -0.25) is 4.18 Å². The third-order valence-corrected chi connectivity index (χ3v) is 2.94. The second kappa shape index (κ2) is 6.01. The van der Waals surface area contributed by atoms with Crippen LogP contribution in [0.5, 0.6) is 0 Å². The molecule has 1 aromatic rings. The Bertz CT molecular complexity index is 522. The zero-order chi connectivity index (χ0) is 12.9. The maximum atomic E-state index is 10.8. The fraction of sp³-hybridized carbons (Fsp3) is 0.364. The molecular weight excluding hydrogens is 262 g/mol. The van der Waals surface area contributed by atoms with Crippen molar-refractivity contribution in [3.05, 3.63) is 34.9 Å². The molecule has 0 aliphatic carbocycles. The van der Waals surface area contributed by atoms with E-state index in [1.807, 2.05) is 0 Å². The van der Waals surface area contributed by atoms with E-state index in [0.29, 0.717) is 11.4 Å². The Morgan fingerprint density at radius 2 is 2.24 bits per heavy atom. The minimum atomic E-state index is -3.45. The van der Waals surface area contributed by atoms with Gasteiger partial charge in [0.1, 0.15) is 0 Å². The molecule has 1 aromatic carbocycles. The van der Waals surface area contributed by atoms with Gasteiger partial charge in [-0.15, -0.1) is 0 Å². The third-order valence-electron chi connectivity index (χ3n) is 2.11. The summed E-state index contributed by atoms with van der Waals surface area (Å²) < 4.78 is 26.1. The minimum Gasteiger partial charge on any atom is -0.270 e. The number of hydrogen-bond acceptors (Lipinski definition) is 4. The topological polar surface area (TPSA) is 67.2 Å². The summed E-state index contributed by atoms with van der Waals surface area (Å²) in [7, 11) is -3.45. The first-order chi connectivity index (χ1) is 7.92. The highest BCUT2D eigenvalue weighted by Gasteiger charge is 2.12. The van der Waals surface area contributed by atoms with E-state index in [-0.39, 0.29) is 6.61 Å². The quantitative estimate of drug-likeness (QED) is 0.772. The molecule has 0 aliphatic heterocycles. The number of nitriles is 1. The molecule has 0 bridgehead atoms. The molecule has 0 N–H and O–H groups in total. The molecule has 6 heteroatoms. The number of halogens is 1. The predicted molar refractivity (Wildman–Crippen MR) is 65.2 cm³/mol. The van der Waals surface area contributed by atoms with Gasteiger partial charge in [-0.2, -0.15) is 13.7 Å². The van der Waals surface area contributed by atoms with E-state index in [1.54, 1.807) is 24.3 Å². The normalized spacial score (nSPS) is 13.0. The molecule has 0 aliphatic rings. The van der Waals surface area contributed by atoms with Crippen molar-refractivity contribution < 1.29 is 12.6 Å². The molecule has 0 heterocycles. The summed E-state index contributed by atoms with van der Waals surface area (Å²) in [6.07, 6.45) is 1.29. The second-order valence-corrected chi connectivity index (χ2v) is 5.63. The van der Waals surface area contributed by atoms with Crippen LogP contribution in [-0.2, 0) is 14.3 Å². The van der Waals surface area contributed by atoms with Crippen LogP contribution in [0.4, 0.5) is 0 Å². The van der Waals surface area contributed by atoms with E-state index in [2.05, 4.69) is 10.3 Å². The van der Waals surface area contributed by atoms with Crippen molar-refractivity contribution in [3.63, 3.8) is 0 Å². The Morgan fingerprint density at radius 3 is 2.76 bits per heavy atom. The van der Waals surface area contributed by atoms with Gasteiger partial charge in [-0.25, -0.2) is 0 Å². The van der Waals surface area contributed by atoms with Crippen LogP contribution >= 0.6 is 11.6 Å². The Kier molecular flexibility index (Phi) is 4.94. The Morgan fingerprint density at radius 1 is 1.53 bits per heavy atom. The Hall–Kier alpha value is -1.09. The highest BCUT2D eigenvalue weighted by molar-refractivity contribution is 7.85. The van der Waals surface area contributed by atoms with Crippen LogP contribution < -0.4 is 0 Å². The average molecular weight is 274 g/mol. The van der Waals surface area contributed by atoms with Gasteiger partial charge in [-0.05, 0) is 24.1 Å². The van der Waals surface area contributed by atoms with Crippen LogP contribution in [0.1, 0.15) is 17.9 Å². The standard InChI is InChI=1S/C11H12ClNO3S/c1-17(14,15)16-6-5-10(8-13)9-3-2-4-11(12)7-9/h2-4,7,10H,5-6H2,1H3/t10-/m0/s1. The lowest BCUT2D eigenvalue weighted by Crippen LogP contribution is -2.07. The molecule has 0 radical (unpaired) electrons. The Balaban J connectivity index is 2.65. The molecule has 17 heavy (non-hydrogen) atoms. The highest BCUT2D eigenvalue weighted by Crippen LogP contribution is 2.22. The van der Waals surface area contributed by atoms with Gasteiger partial charge in [0, 0.05) is 5.02 Å². The van der Waals surface area contributed by atoms with Gasteiger partial charge < -0.3 is 0 Å². The molecule has 0 amide bonds. The van der Waals surface area contributed by atoms with Crippen LogP contribution in [0, 0.1) is 11.3 Å². The van der Waals surface area contributed by atoms with E-state index in [4.69, 9.17) is 16.9 Å². The summed E-state index contributed by atoms with van der Waals surface area (Å²) in [5.41, 5.74) is 0.761. The van der Waals surface area contributed by atoms with Gasteiger partial charge >= 0.3 is 0 Å². The number of benzene rings is 1. The predicted octanol–water partition coefficient (Wildman–Crippen LogP) is 2.31. The van der Waals surface area contributed by atoms with E-state index >= 15 is 0 Å². The smallest absolute Gasteiger partial charge is 0.264 e. The number of nitrogens with zero attached hydrogens (tertiary/aromatic N) is 1. The molecule has 0 unspecified atom stereocenters. The SMILES string of the molecule is CS(=O)(=O)OCC[C@@H](C#N)c1cccc(Cl)c1. The molecule has 92 valence electrons. The van der Waals surface area contributed by atoms with Crippen LogP contribution in [0.3, 0.4) is 0 Å². The van der Waals surface area contributed by atoms with E-state index in [0.717, 1.165) is 11.8 Å². The maximum absolute atomic E-state index is 10.8. The number of rotatable bonds is 5. The zero-order valence-electron chi connectivity index (χ0n) is 9.26. The van der Waals surface area contributed by atoms with Crippen molar-refractivity contribution in [2.45, 2.75) is 12.3 Å². The molecule has 0 spiro atoms. The first-order valence-corrected chi connectivity index (χ1v) is 7.11. The summed E-state index contributed by atoms with van der Waals surface area (Å²) in [5, 5.41) is 9.55. The van der Waals surface area contributed by atoms with Gasteiger partial charge in [0.15, 0.2) is 0 Å². The molecule has 1 rings (SSSR count). The van der Waals surface area contributed by atoms with Crippen LogP contribution in [-0.4, -0.2) is 21.3 Å². The third kappa shape index (κ3) is 5.18. The molecule has 1 atom stereocenters. The lowest BCUT2D eigenvalue weighted by molar-refractivity contribution is 0.311. The van der Waals surface area contributed by atoms with Crippen molar-refractivity contribution in [1.29, 1.82) is 5.26 Å². The number of hydrogen-bond donors (Lipinski definition) is 0. The molecule has 0 saturated heterocycles. The maximum Gasteiger partial charge on any atom is 0.264 e. The largest absolute Gasteiger partial charge is 0.270 e. The zero-order valence-corrected chi connectivity index (χ0v) is 10.8. The first-order valence-electron chi connectivity index (χ1n) is 4.92. The fourth-order valence-corrected chi connectivity index (χ4v) is 1.94. The van der Waals surface area contributed by atoms with E-state index in [9.17, 15) is 8.42 Å². The summed E-state index contributed by atoms with van der Waals surface area (Å²) >= 11 is 5.82.